The molecule has 10 heteroatoms. The summed E-state index contributed by atoms with van der Waals surface area (Å²) in [5, 5.41) is 7.49. The summed E-state index contributed by atoms with van der Waals surface area (Å²) < 4.78 is 27.6. The van der Waals surface area contributed by atoms with Crippen LogP contribution in [0.2, 0.25) is 0 Å². The maximum absolute atomic E-state index is 13.1. The molecule has 2 N–H and O–H groups in total. The van der Waals surface area contributed by atoms with Crippen molar-refractivity contribution >= 4 is 50.6 Å². The summed E-state index contributed by atoms with van der Waals surface area (Å²) in [5.74, 6) is -0.336. The molecule has 0 saturated carbocycles. The highest BCUT2D eigenvalue weighted by Crippen LogP contribution is 2.37. The summed E-state index contributed by atoms with van der Waals surface area (Å²) in [6.45, 7) is 2.92. The summed E-state index contributed by atoms with van der Waals surface area (Å²) in [6.07, 6.45) is 0.981. The van der Waals surface area contributed by atoms with Gasteiger partial charge in [-0.15, -0.1) is 23.1 Å². The molecule has 3 heterocycles. The zero-order valence-electron chi connectivity index (χ0n) is 16.5. The first-order valence-corrected chi connectivity index (χ1v) is 13.0. The zero-order valence-corrected chi connectivity index (χ0v) is 18.9. The quantitative estimate of drug-likeness (QED) is 0.708. The van der Waals surface area contributed by atoms with E-state index < -0.39 is 10.0 Å². The molecule has 0 aliphatic carbocycles. The number of fused-ring (bicyclic) bond motifs is 1. The largest absolute Gasteiger partial charge is 0.351 e. The number of thiophene rings is 1. The summed E-state index contributed by atoms with van der Waals surface area (Å²) in [4.78, 5) is 26.5. The molecule has 2 amide bonds. The molecule has 1 atom stereocenters. The smallest absolute Gasteiger partial charge is 0.243 e. The third-order valence-corrected chi connectivity index (χ3v) is 9.31. The number of benzene rings is 1. The van der Waals surface area contributed by atoms with Crippen LogP contribution in [-0.2, 0) is 26.2 Å². The summed E-state index contributed by atoms with van der Waals surface area (Å²) in [6, 6.07) is 8.78. The molecule has 1 saturated heterocycles. The fourth-order valence-electron chi connectivity index (χ4n) is 3.59. The lowest BCUT2D eigenvalue weighted by atomic mass is 9.97. The lowest BCUT2D eigenvalue weighted by molar-refractivity contribution is -0.126. The van der Waals surface area contributed by atoms with Crippen LogP contribution >= 0.6 is 23.1 Å². The Hall–Kier alpha value is -1.88. The molecule has 4 rings (SSSR count). The zero-order chi connectivity index (χ0) is 21.3. The maximum atomic E-state index is 13.1. The summed E-state index contributed by atoms with van der Waals surface area (Å²) in [5.41, 5.74) is 0.534. The molecule has 30 heavy (non-hydrogen) atoms. The predicted molar refractivity (Wildman–Crippen MR) is 118 cm³/mol. The number of carbonyl (C=O) groups is 2. The summed E-state index contributed by atoms with van der Waals surface area (Å²) >= 11 is 3.01. The highest BCUT2D eigenvalue weighted by atomic mass is 32.2. The van der Waals surface area contributed by atoms with Crippen LogP contribution in [0.4, 0.5) is 5.69 Å². The number of hydrogen-bond acceptors (Lipinski definition) is 6. The van der Waals surface area contributed by atoms with Gasteiger partial charge in [0.15, 0.2) is 0 Å². The number of sulfonamides is 1. The van der Waals surface area contributed by atoms with Crippen LogP contribution < -0.4 is 10.6 Å². The highest BCUT2D eigenvalue weighted by Gasteiger charge is 2.33. The maximum Gasteiger partial charge on any atom is 0.243 e. The second-order valence-corrected chi connectivity index (χ2v) is 11.7. The Balaban J connectivity index is 1.38. The van der Waals surface area contributed by atoms with Gasteiger partial charge in [0.2, 0.25) is 21.8 Å². The van der Waals surface area contributed by atoms with Crippen molar-refractivity contribution in [3.63, 3.8) is 0 Å². The third-order valence-electron chi connectivity index (χ3n) is 5.36. The Kier molecular flexibility index (Phi) is 6.19. The van der Waals surface area contributed by atoms with Crippen molar-refractivity contribution in [1.82, 2.24) is 9.62 Å². The fourth-order valence-corrected chi connectivity index (χ4v) is 6.66. The van der Waals surface area contributed by atoms with Crippen LogP contribution in [0.25, 0.3) is 0 Å². The number of nitrogens with one attached hydrogen (secondary N) is 2. The number of nitrogens with zero attached hydrogens (tertiary/aromatic N) is 1. The van der Waals surface area contributed by atoms with E-state index in [1.54, 1.807) is 23.5 Å². The van der Waals surface area contributed by atoms with Gasteiger partial charge < -0.3 is 10.6 Å². The molecule has 0 radical (unpaired) electrons. The van der Waals surface area contributed by atoms with E-state index >= 15 is 0 Å². The molecule has 0 spiro atoms. The number of carbonyl (C=O) groups excluding carboxylic acids is 2. The molecule has 0 bridgehead atoms. The van der Waals surface area contributed by atoms with Crippen LogP contribution in [0.5, 0.6) is 0 Å². The van der Waals surface area contributed by atoms with Gasteiger partial charge in [0, 0.05) is 28.8 Å². The first-order chi connectivity index (χ1) is 14.3. The van der Waals surface area contributed by atoms with Crippen molar-refractivity contribution in [2.75, 3.05) is 18.4 Å². The average molecular weight is 466 g/mol. The van der Waals surface area contributed by atoms with E-state index in [0.29, 0.717) is 38.2 Å². The molecule has 1 fully saturated rings. The van der Waals surface area contributed by atoms with Gasteiger partial charge in [-0.3, -0.25) is 9.59 Å². The molecule has 2 aromatic rings. The minimum Gasteiger partial charge on any atom is -0.351 e. The van der Waals surface area contributed by atoms with Crippen molar-refractivity contribution in [3.05, 3.63) is 40.6 Å². The van der Waals surface area contributed by atoms with Crippen molar-refractivity contribution in [1.29, 1.82) is 0 Å². The van der Waals surface area contributed by atoms with E-state index in [9.17, 15) is 18.0 Å². The minimum absolute atomic E-state index is 0.0249. The topological polar surface area (TPSA) is 95.6 Å². The van der Waals surface area contributed by atoms with E-state index in [2.05, 4.69) is 10.6 Å². The Bertz CT molecular complexity index is 1050. The van der Waals surface area contributed by atoms with Crippen LogP contribution in [0.3, 0.4) is 0 Å². The standard InChI is InChI=1S/C20H23N3O4S3/c1-13-19(24)22-17-11-16(4-5-18(17)29-13)30(26,27)23-8-6-14(7-9-23)20(25)21-12-15-3-2-10-28-15/h2-5,10-11,13-14H,6-9,12H2,1H3,(H,21,25)(H,22,24)/t13-/m1/s1. The number of rotatable bonds is 5. The van der Waals surface area contributed by atoms with Crippen LogP contribution in [0, 0.1) is 5.92 Å². The van der Waals surface area contributed by atoms with E-state index in [0.717, 1.165) is 9.77 Å². The van der Waals surface area contributed by atoms with Crippen molar-refractivity contribution in [3.8, 4) is 0 Å². The molecular formula is C20H23N3O4S3. The fraction of sp³-hybridized carbons (Fsp3) is 0.400. The highest BCUT2D eigenvalue weighted by molar-refractivity contribution is 8.01. The van der Waals surface area contributed by atoms with E-state index in [4.69, 9.17) is 0 Å². The van der Waals surface area contributed by atoms with Crippen molar-refractivity contribution < 1.29 is 18.0 Å². The van der Waals surface area contributed by atoms with E-state index in [1.807, 2.05) is 24.4 Å². The number of piperidine rings is 1. The Morgan fingerprint density at radius 2 is 2.03 bits per heavy atom. The van der Waals surface area contributed by atoms with Crippen molar-refractivity contribution in [2.45, 2.75) is 41.4 Å². The van der Waals surface area contributed by atoms with E-state index in [1.165, 1.54) is 22.1 Å². The molecule has 160 valence electrons. The van der Waals surface area contributed by atoms with Gasteiger partial charge in [-0.2, -0.15) is 4.31 Å². The Labute approximate surface area is 184 Å². The molecular weight excluding hydrogens is 442 g/mol. The normalized spacial score (nSPS) is 20.4. The monoisotopic (exact) mass is 465 g/mol. The third kappa shape index (κ3) is 4.41. The lowest BCUT2D eigenvalue weighted by Gasteiger charge is -2.31. The average Bonchev–Trinajstić information content (AvgIpc) is 3.26. The van der Waals surface area contributed by atoms with Gasteiger partial charge in [0.25, 0.3) is 0 Å². The van der Waals surface area contributed by atoms with Gasteiger partial charge in [-0.05, 0) is 49.4 Å². The number of thioether (sulfide) groups is 1. The van der Waals surface area contributed by atoms with Crippen molar-refractivity contribution in [2.24, 2.45) is 5.92 Å². The molecule has 2 aliphatic rings. The van der Waals surface area contributed by atoms with Gasteiger partial charge in [-0.25, -0.2) is 8.42 Å². The summed E-state index contributed by atoms with van der Waals surface area (Å²) in [7, 11) is -3.68. The second kappa shape index (κ2) is 8.70. The second-order valence-electron chi connectivity index (χ2n) is 7.38. The van der Waals surface area contributed by atoms with Gasteiger partial charge in [-0.1, -0.05) is 6.07 Å². The SMILES string of the molecule is C[C@H]1Sc2ccc(S(=O)(=O)N3CCC(C(=O)NCc4cccs4)CC3)cc2NC1=O. The van der Waals surface area contributed by atoms with Crippen LogP contribution in [0.1, 0.15) is 24.6 Å². The Morgan fingerprint density at radius 1 is 1.27 bits per heavy atom. The molecule has 0 unspecified atom stereocenters. The molecule has 7 nitrogen and oxygen atoms in total. The number of hydrogen-bond donors (Lipinski definition) is 2. The molecule has 1 aromatic heterocycles. The number of anilines is 1. The Morgan fingerprint density at radius 3 is 2.73 bits per heavy atom. The predicted octanol–water partition coefficient (Wildman–Crippen LogP) is 2.90. The first-order valence-electron chi connectivity index (χ1n) is 9.76. The number of amides is 2. The van der Waals surface area contributed by atoms with E-state index in [-0.39, 0.29) is 27.9 Å². The van der Waals surface area contributed by atoms with Crippen LogP contribution in [-0.4, -0.2) is 42.9 Å². The lowest BCUT2D eigenvalue weighted by Crippen LogP contribution is -2.42. The van der Waals surface area contributed by atoms with Crippen LogP contribution in [0.15, 0.2) is 45.5 Å². The molecule has 2 aliphatic heterocycles. The minimum atomic E-state index is -3.68. The first kappa shape index (κ1) is 21.4. The van der Waals surface area contributed by atoms with Gasteiger partial charge in [0.1, 0.15) is 0 Å². The molecule has 1 aromatic carbocycles. The van der Waals surface area contributed by atoms with Gasteiger partial charge in [0.05, 0.1) is 22.4 Å². The van der Waals surface area contributed by atoms with Gasteiger partial charge >= 0.3 is 0 Å².